The molecule has 1 heterocycles. The van der Waals surface area contributed by atoms with Crippen LogP contribution in [0, 0.1) is 0 Å². The first-order valence-corrected chi connectivity index (χ1v) is 7.53. The van der Waals surface area contributed by atoms with Gasteiger partial charge in [0.25, 0.3) is 0 Å². The molecular formula is C12H16O5S. The van der Waals surface area contributed by atoms with Crippen molar-refractivity contribution in [1.29, 1.82) is 0 Å². The lowest BCUT2D eigenvalue weighted by Crippen LogP contribution is -2.29. The van der Waals surface area contributed by atoms with Crippen molar-refractivity contribution in [2.75, 3.05) is 11.5 Å². The molecule has 0 radical (unpaired) electrons. The van der Waals surface area contributed by atoms with Crippen LogP contribution in [0.3, 0.4) is 0 Å². The predicted molar refractivity (Wildman–Crippen MR) is 66.2 cm³/mol. The lowest BCUT2D eigenvalue weighted by Gasteiger charge is -2.16. The van der Waals surface area contributed by atoms with Crippen molar-refractivity contribution < 1.29 is 23.4 Å². The molecule has 1 aromatic rings. The highest BCUT2D eigenvalue weighted by Gasteiger charge is 2.38. The Labute approximate surface area is 106 Å². The standard InChI is InChI=1S/C12H16O5S/c1-8(13)9-3-2-4-10(5-9)17-12-7-18(15,16)6-11(12)14/h2-5,8,11-14H,6-7H2,1H3/t8-,11?,12?/m1/s1. The van der Waals surface area contributed by atoms with Crippen LogP contribution in [0.1, 0.15) is 18.6 Å². The molecule has 1 aliphatic rings. The summed E-state index contributed by atoms with van der Waals surface area (Å²) in [5, 5.41) is 19.1. The summed E-state index contributed by atoms with van der Waals surface area (Å²) in [5.41, 5.74) is 0.683. The molecule has 1 aromatic carbocycles. The van der Waals surface area contributed by atoms with E-state index in [2.05, 4.69) is 0 Å². The fourth-order valence-electron chi connectivity index (χ4n) is 1.93. The van der Waals surface area contributed by atoms with Crippen molar-refractivity contribution in [3.8, 4) is 5.75 Å². The smallest absolute Gasteiger partial charge is 0.156 e. The van der Waals surface area contributed by atoms with Crippen LogP contribution in [0.2, 0.25) is 0 Å². The van der Waals surface area contributed by atoms with Crippen LogP contribution in [0.25, 0.3) is 0 Å². The lowest BCUT2D eigenvalue weighted by atomic mass is 10.1. The van der Waals surface area contributed by atoms with Crippen LogP contribution >= 0.6 is 0 Å². The van der Waals surface area contributed by atoms with Crippen molar-refractivity contribution in [3.63, 3.8) is 0 Å². The summed E-state index contributed by atoms with van der Waals surface area (Å²) < 4.78 is 28.1. The molecule has 1 fully saturated rings. The van der Waals surface area contributed by atoms with Gasteiger partial charge in [-0.3, -0.25) is 0 Å². The van der Waals surface area contributed by atoms with Crippen LogP contribution in [-0.4, -0.2) is 42.3 Å². The number of hydrogen-bond donors (Lipinski definition) is 2. The Hall–Kier alpha value is -1.11. The van der Waals surface area contributed by atoms with Crippen molar-refractivity contribution in [2.45, 2.75) is 25.2 Å². The zero-order valence-corrected chi connectivity index (χ0v) is 10.8. The highest BCUT2D eigenvalue weighted by molar-refractivity contribution is 7.91. The van der Waals surface area contributed by atoms with Gasteiger partial charge in [0.15, 0.2) is 9.84 Å². The number of sulfone groups is 1. The second-order valence-electron chi connectivity index (χ2n) is 4.55. The van der Waals surface area contributed by atoms with Gasteiger partial charge in [-0.15, -0.1) is 0 Å². The summed E-state index contributed by atoms with van der Waals surface area (Å²) in [7, 11) is -3.22. The highest BCUT2D eigenvalue weighted by atomic mass is 32.2. The molecule has 100 valence electrons. The van der Waals surface area contributed by atoms with E-state index >= 15 is 0 Å². The van der Waals surface area contributed by atoms with Gasteiger partial charge in [0.2, 0.25) is 0 Å². The van der Waals surface area contributed by atoms with E-state index < -0.39 is 28.1 Å². The average Bonchev–Trinajstić information content (AvgIpc) is 2.52. The van der Waals surface area contributed by atoms with Gasteiger partial charge in [0.05, 0.1) is 17.6 Å². The van der Waals surface area contributed by atoms with Gasteiger partial charge >= 0.3 is 0 Å². The van der Waals surface area contributed by atoms with E-state index in [9.17, 15) is 18.6 Å². The van der Waals surface area contributed by atoms with E-state index in [1.807, 2.05) is 0 Å². The molecule has 0 aromatic heterocycles. The Bertz CT molecular complexity index is 523. The largest absolute Gasteiger partial charge is 0.487 e. The van der Waals surface area contributed by atoms with Crippen molar-refractivity contribution >= 4 is 9.84 Å². The Morgan fingerprint density at radius 3 is 2.67 bits per heavy atom. The first-order valence-electron chi connectivity index (χ1n) is 5.70. The molecule has 0 spiro atoms. The maximum atomic E-state index is 11.3. The van der Waals surface area contributed by atoms with E-state index in [-0.39, 0.29) is 11.5 Å². The van der Waals surface area contributed by atoms with Crippen LogP contribution in [0.15, 0.2) is 24.3 Å². The summed E-state index contributed by atoms with van der Waals surface area (Å²) in [4.78, 5) is 0. The molecule has 18 heavy (non-hydrogen) atoms. The molecule has 0 aliphatic carbocycles. The van der Waals surface area contributed by atoms with Crippen molar-refractivity contribution in [2.24, 2.45) is 0 Å². The van der Waals surface area contributed by atoms with Crippen LogP contribution in [-0.2, 0) is 9.84 Å². The molecule has 1 aliphatic heterocycles. The molecule has 5 nitrogen and oxygen atoms in total. The predicted octanol–water partition coefficient (Wildman–Crippen LogP) is 0.277. The topological polar surface area (TPSA) is 83.8 Å². The number of aliphatic hydroxyl groups is 2. The third-order valence-electron chi connectivity index (χ3n) is 2.90. The fraction of sp³-hybridized carbons (Fsp3) is 0.500. The minimum absolute atomic E-state index is 0.174. The monoisotopic (exact) mass is 272 g/mol. The molecule has 0 saturated carbocycles. The number of rotatable bonds is 3. The van der Waals surface area contributed by atoms with Gasteiger partial charge in [-0.25, -0.2) is 8.42 Å². The molecule has 1 saturated heterocycles. The summed E-state index contributed by atoms with van der Waals surface area (Å²) in [6, 6.07) is 6.78. The lowest BCUT2D eigenvalue weighted by molar-refractivity contribution is 0.0735. The van der Waals surface area contributed by atoms with Crippen molar-refractivity contribution in [1.82, 2.24) is 0 Å². The van der Waals surface area contributed by atoms with E-state index in [1.165, 1.54) is 0 Å². The van der Waals surface area contributed by atoms with Gasteiger partial charge < -0.3 is 14.9 Å². The molecule has 0 amide bonds. The van der Waals surface area contributed by atoms with Crippen LogP contribution in [0.5, 0.6) is 5.75 Å². The van der Waals surface area contributed by atoms with E-state index in [1.54, 1.807) is 31.2 Å². The van der Waals surface area contributed by atoms with Gasteiger partial charge in [0.1, 0.15) is 18.0 Å². The Kier molecular flexibility index (Phi) is 3.61. The maximum absolute atomic E-state index is 11.3. The second-order valence-corrected chi connectivity index (χ2v) is 6.70. The van der Waals surface area contributed by atoms with Gasteiger partial charge in [-0.05, 0) is 24.6 Å². The third-order valence-corrected chi connectivity index (χ3v) is 4.59. The van der Waals surface area contributed by atoms with E-state index in [4.69, 9.17) is 4.74 Å². The summed E-state index contributed by atoms with van der Waals surface area (Å²) in [6.45, 7) is 1.63. The molecule has 6 heteroatoms. The van der Waals surface area contributed by atoms with Gasteiger partial charge in [-0.1, -0.05) is 12.1 Å². The van der Waals surface area contributed by atoms with Crippen LogP contribution in [0.4, 0.5) is 0 Å². The summed E-state index contributed by atoms with van der Waals surface area (Å²) in [6.07, 6.45) is -2.35. The fourth-order valence-corrected chi connectivity index (χ4v) is 3.59. The van der Waals surface area contributed by atoms with E-state index in [0.29, 0.717) is 11.3 Å². The molecule has 2 rings (SSSR count). The zero-order chi connectivity index (χ0) is 13.3. The van der Waals surface area contributed by atoms with Crippen molar-refractivity contribution in [3.05, 3.63) is 29.8 Å². The number of benzene rings is 1. The number of hydrogen-bond acceptors (Lipinski definition) is 5. The molecule has 0 bridgehead atoms. The number of aliphatic hydroxyl groups excluding tert-OH is 2. The highest BCUT2D eigenvalue weighted by Crippen LogP contribution is 2.23. The molecule has 2 unspecified atom stereocenters. The molecule has 3 atom stereocenters. The number of ether oxygens (including phenoxy) is 1. The Balaban J connectivity index is 2.13. The minimum Gasteiger partial charge on any atom is -0.487 e. The zero-order valence-electron chi connectivity index (χ0n) is 9.98. The Morgan fingerprint density at radius 2 is 2.11 bits per heavy atom. The third kappa shape index (κ3) is 3.01. The summed E-state index contributed by atoms with van der Waals surface area (Å²) >= 11 is 0. The second kappa shape index (κ2) is 4.87. The van der Waals surface area contributed by atoms with E-state index in [0.717, 1.165) is 0 Å². The normalized spacial score (nSPS) is 27.9. The van der Waals surface area contributed by atoms with Crippen LogP contribution < -0.4 is 4.74 Å². The van der Waals surface area contributed by atoms with Gasteiger partial charge in [-0.2, -0.15) is 0 Å². The molecular weight excluding hydrogens is 256 g/mol. The summed E-state index contributed by atoms with van der Waals surface area (Å²) in [5.74, 6) is 0.0236. The molecule has 2 N–H and O–H groups in total. The SMILES string of the molecule is C[C@@H](O)c1cccc(OC2CS(=O)(=O)CC2O)c1. The average molecular weight is 272 g/mol. The Morgan fingerprint density at radius 1 is 1.39 bits per heavy atom. The first kappa shape index (κ1) is 13.3. The first-order chi connectivity index (χ1) is 8.37. The van der Waals surface area contributed by atoms with Gasteiger partial charge in [0, 0.05) is 0 Å². The quantitative estimate of drug-likeness (QED) is 0.825. The maximum Gasteiger partial charge on any atom is 0.156 e. The minimum atomic E-state index is -3.22.